The lowest BCUT2D eigenvalue weighted by molar-refractivity contribution is 0.0528. The summed E-state index contributed by atoms with van der Waals surface area (Å²) in [6.45, 7) is 7.31. The molecule has 8 heteroatoms. The number of nitrogens with zero attached hydrogens (tertiary/aromatic N) is 3. The van der Waals surface area contributed by atoms with Crippen molar-refractivity contribution in [3.8, 4) is 0 Å². The van der Waals surface area contributed by atoms with Gasteiger partial charge in [0.15, 0.2) is 5.75 Å². The Hall–Kier alpha value is -1.90. The van der Waals surface area contributed by atoms with E-state index in [9.17, 15) is 9.35 Å². The van der Waals surface area contributed by atoms with Gasteiger partial charge in [0.25, 0.3) is 0 Å². The van der Waals surface area contributed by atoms with E-state index in [-0.39, 0.29) is 10.9 Å². The summed E-state index contributed by atoms with van der Waals surface area (Å²) in [6, 6.07) is 3.74. The lowest BCUT2D eigenvalue weighted by Crippen LogP contribution is -2.29. The third kappa shape index (κ3) is 4.02. The summed E-state index contributed by atoms with van der Waals surface area (Å²) in [5.41, 5.74) is 2.31. The van der Waals surface area contributed by atoms with Crippen molar-refractivity contribution in [2.24, 2.45) is 0 Å². The second-order valence-electron chi connectivity index (χ2n) is 6.67. The van der Waals surface area contributed by atoms with Crippen LogP contribution in [0.1, 0.15) is 32.0 Å². The summed E-state index contributed by atoms with van der Waals surface area (Å²) in [7, 11) is 0. The van der Waals surface area contributed by atoms with Crippen molar-refractivity contribution < 1.29 is 14.1 Å². The molecule has 0 amide bonds. The minimum Gasteiger partial charge on any atom is -0.609 e. The molecule has 1 unspecified atom stereocenters. The van der Waals surface area contributed by atoms with E-state index < -0.39 is 22.9 Å². The fourth-order valence-corrected chi connectivity index (χ4v) is 4.08. The van der Waals surface area contributed by atoms with Crippen LogP contribution in [0.15, 0.2) is 34.2 Å². The number of hydrogen-bond acceptors (Lipinski definition) is 6. The van der Waals surface area contributed by atoms with Crippen LogP contribution in [0.2, 0.25) is 0 Å². The van der Waals surface area contributed by atoms with Gasteiger partial charge in [0.05, 0.1) is 11.2 Å². The summed E-state index contributed by atoms with van der Waals surface area (Å²) >= 11 is -0.0867. The van der Waals surface area contributed by atoms with Crippen LogP contribution in [-0.4, -0.2) is 30.8 Å². The molecule has 0 aliphatic heterocycles. The molecule has 3 heterocycles. The summed E-state index contributed by atoms with van der Waals surface area (Å²) in [6.07, 6.45) is 1.15. The molecule has 0 fully saturated rings. The fourth-order valence-electron chi connectivity index (χ4n) is 2.21. The molecule has 0 saturated heterocycles. The Balaban J connectivity index is 1.94. The van der Waals surface area contributed by atoms with Gasteiger partial charge in [-0.05, 0) is 39.3 Å². The van der Waals surface area contributed by atoms with E-state index in [0.717, 1.165) is 5.56 Å². The minimum atomic E-state index is -1.52. The zero-order valence-corrected chi connectivity index (χ0v) is 16.1. The van der Waals surface area contributed by atoms with Gasteiger partial charge in [0.2, 0.25) is 0 Å². The van der Waals surface area contributed by atoms with Gasteiger partial charge in [-0.2, -0.15) is 9.55 Å². The number of ether oxygens (including phenoxy) is 1. The Morgan fingerprint density at radius 1 is 1.36 bits per heavy atom. The smallest absolute Gasteiger partial charge is 0.424 e. The lowest BCUT2D eigenvalue weighted by atomic mass is 10.2. The molecule has 0 aromatic carbocycles. The number of imidazole rings is 1. The van der Waals surface area contributed by atoms with Crippen LogP contribution in [-0.2, 0) is 21.7 Å². The van der Waals surface area contributed by atoms with E-state index in [2.05, 4.69) is 9.97 Å². The monoisotopic (exact) mass is 377 g/mol. The van der Waals surface area contributed by atoms with Crippen molar-refractivity contribution in [3.63, 3.8) is 0 Å². The number of pyridine rings is 1. The summed E-state index contributed by atoms with van der Waals surface area (Å²) in [5.74, 6) is 0.187. The number of rotatable bonds is 3. The average molecular weight is 377 g/mol. The van der Waals surface area contributed by atoms with E-state index in [1.165, 1.54) is 15.9 Å². The van der Waals surface area contributed by atoms with E-state index in [1.54, 1.807) is 32.3 Å². The molecule has 1 atom stereocenters. The number of fused-ring (bicyclic) bond motifs is 1. The van der Waals surface area contributed by atoms with Crippen LogP contribution in [0.5, 0.6) is 0 Å². The molecule has 0 N–H and O–H groups in total. The zero-order valence-electron chi connectivity index (χ0n) is 14.5. The summed E-state index contributed by atoms with van der Waals surface area (Å²) in [5, 5.41) is 3.81. The number of aryl methyl sites for hydroxylation is 1. The second-order valence-corrected chi connectivity index (χ2v) is 8.76. The van der Waals surface area contributed by atoms with Gasteiger partial charge in [-0.1, -0.05) is 6.07 Å². The van der Waals surface area contributed by atoms with Crippen LogP contribution in [0.3, 0.4) is 0 Å². The molecule has 25 heavy (non-hydrogen) atoms. The largest absolute Gasteiger partial charge is 0.609 e. The molecular formula is C17H19N3O3S2. The van der Waals surface area contributed by atoms with E-state index in [4.69, 9.17) is 4.74 Å². The number of aromatic nitrogens is 3. The summed E-state index contributed by atoms with van der Waals surface area (Å²) < 4.78 is 19.6. The molecule has 0 aliphatic rings. The maximum Gasteiger partial charge on any atom is 0.424 e. The highest BCUT2D eigenvalue weighted by atomic mass is 32.2. The highest BCUT2D eigenvalue weighted by molar-refractivity contribution is 7.90. The average Bonchev–Trinajstić information content (AvgIpc) is 3.07. The Bertz CT molecular complexity index is 894. The normalized spacial score (nSPS) is 13.2. The molecule has 0 spiro atoms. The van der Waals surface area contributed by atoms with Crippen LogP contribution in [0.4, 0.5) is 4.79 Å². The highest BCUT2D eigenvalue weighted by Gasteiger charge is 2.30. The van der Waals surface area contributed by atoms with Gasteiger partial charge in [-0.15, -0.1) is 11.3 Å². The Labute approximate surface area is 153 Å². The first-order chi connectivity index (χ1) is 11.7. The minimum absolute atomic E-state index is 0.187. The van der Waals surface area contributed by atoms with Gasteiger partial charge in [0.1, 0.15) is 11.1 Å². The molecule has 6 nitrogen and oxygen atoms in total. The predicted molar refractivity (Wildman–Crippen MR) is 98.3 cm³/mol. The van der Waals surface area contributed by atoms with Gasteiger partial charge in [-0.25, -0.2) is 4.79 Å². The van der Waals surface area contributed by atoms with E-state index in [0.29, 0.717) is 16.7 Å². The first-order valence-corrected chi connectivity index (χ1v) is 9.99. The topological polar surface area (TPSA) is 80.1 Å². The van der Waals surface area contributed by atoms with Crippen molar-refractivity contribution in [2.45, 2.75) is 44.2 Å². The predicted octanol–water partition coefficient (Wildman–Crippen LogP) is 3.89. The maximum atomic E-state index is 12.8. The van der Waals surface area contributed by atoms with Gasteiger partial charge < -0.3 is 9.29 Å². The van der Waals surface area contributed by atoms with Crippen molar-refractivity contribution in [1.29, 1.82) is 0 Å². The van der Waals surface area contributed by atoms with Gasteiger partial charge in [-0.3, -0.25) is 4.98 Å². The van der Waals surface area contributed by atoms with Crippen molar-refractivity contribution in [2.75, 3.05) is 0 Å². The van der Waals surface area contributed by atoms with Crippen LogP contribution in [0, 0.1) is 6.92 Å². The molecule has 3 aromatic rings. The third-order valence-electron chi connectivity index (χ3n) is 3.30. The molecule has 0 radical (unpaired) electrons. The number of thiophene rings is 1. The zero-order chi connectivity index (χ0) is 18.2. The van der Waals surface area contributed by atoms with Crippen LogP contribution >= 0.6 is 11.3 Å². The second kappa shape index (κ2) is 6.78. The Morgan fingerprint density at radius 2 is 2.12 bits per heavy atom. The highest BCUT2D eigenvalue weighted by Crippen LogP contribution is 2.26. The molecule has 0 saturated carbocycles. The van der Waals surface area contributed by atoms with Gasteiger partial charge >= 0.3 is 11.2 Å². The Kier molecular flexibility index (Phi) is 4.86. The maximum absolute atomic E-state index is 12.8. The van der Waals surface area contributed by atoms with Crippen molar-refractivity contribution >= 4 is 39.6 Å². The quantitative estimate of drug-likeness (QED) is 0.647. The number of carbonyl (C=O) groups is 1. The third-order valence-corrected chi connectivity index (χ3v) is 5.26. The number of carbonyl (C=O) groups excluding carboxylic acids is 1. The molecule has 132 valence electrons. The fraction of sp³-hybridized carbons (Fsp3) is 0.353. The molecule has 0 aliphatic carbocycles. The first-order valence-electron chi connectivity index (χ1n) is 7.72. The SMILES string of the molecule is Cc1ccc(C[S+]([O-])c2nc3cscc3n2C(=O)OC(C)(C)C)nc1. The van der Waals surface area contributed by atoms with Gasteiger partial charge in [0, 0.05) is 28.1 Å². The number of hydrogen-bond donors (Lipinski definition) is 0. The summed E-state index contributed by atoms with van der Waals surface area (Å²) in [4.78, 5) is 21.3. The standard InChI is InChI=1S/C17H19N3O3S2/c1-11-5-6-12(18-7-11)10-25(22)15-19-13-8-24-9-14(13)20(15)16(21)23-17(2,3)4/h5-9H,10H2,1-4H3. The van der Waals surface area contributed by atoms with Crippen LogP contribution in [0.25, 0.3) is 11.0 Å². The molecule has 0 bridgehead atoms. The Morgan fingerprint density at radius 3 is 2.76 bits per heavy atom. The molecule has 3 aromatic heterocycles. The van der Waals surface area contributed by atoms with Crippen molar-refractivity contribution in [3.05, 3.63) is 40.3 Å². The van der Waals surface area contributed by atoms with E-state index >= 15 is 0 Å². The van der Waals surface area contributed by atoms with Crippen LogP contribution < -0.4 is 0 Å². The molecule has 3 rings (SSSR count). The van der Waals surface area contributed by atoms with Crippen molar-refractivity contribution in [1.82, 2.24) is 14.5 Å². The lowest BCUT2D eigenvalue weighted by Gasteiger charge is -2.20. The van der Waals surface area contributed by atoms with E-state index in [1.807, 2.05) is 24.4 Å². The molecular weight excluding hydrogens is 358 g/mol. The first kappa shape index (κ1) is 17.9.